The normalized spacial score (nSPS) is 22.5. The second-order valence-corrected chi connectivity index (χ2v) is 8.77. The van der Waals surface area contributed by atoms with Crippen molar-refractivity contribution in [2.24, 2.45) is 11.8 Å². The zero-order chi connectivity index (χ0) is 21.4. The molecule has 4 heterocycles. The maximum atomic E-state index is 13.6. The van der Waals surface area contributed by atoms with E-state index >= 15 is 0 Å². The third kappa shape index (κ3) is 3.42. The van der Waals surface area contributed by atoms with E-state index in [9.17, 15) is 10.1 Å². The lowest BCUT2D eigenvalue weighted by Gasteiger charge is -2.32. The molecule has 0 atom stereocenters. The fourth-order valence-electron chi connectivity index (χ4n) is 5.19. The average molecular weight is 416 g/mol. The van der Waals surface area contributed by atoms with Crippen molar-refractivity contribution in [1.82, 2.24) is 24.4 Å². The van der Waals surface area contributed by atoms with Crippen molar-refractivity contribution in [3.63, 3.8) is 0 Å². The fourth-order valence-corrected chi connectivity index (χ4v) is 5.19. The molecule has 5 rings (SSSR count). The van der Waals surface area contributed by atoms with E-state index in [0.29, 0.717) is 44.1 Å². The molecule has 3 aromatic heterocycles. The van der Waals surface area contributed by atoms with Gasteiger partial charge in [-0.15, -0.1) is 0 Å². The number of fused-ring (bicyclic) bond motifs is 3. The number of H-pyrrole nitrogens is 1. The van der Waals surface area contributed by atoms with E-state index < -0.39 is 0 Å². The van der Waals surface area contributed by atoms with E-state index in [-0.39, 0.29) is 17.9 Å². The molecule has 1 saturated carbocycles. The number of piperidine rings is 1. The molecule has 8 heteroatoms. The molecule has 2 fully saturated rings. The highest BCUT2D eigenvalue weighted by molar-refractivity contribution is 6.04. The van der Waals surface area contributed by atoms with Gasteiger partial charge in [0, 0.05) is 43.1 Å². The maximum absolute atomic E-state index is 13.6. The molecular weight excluding hydrogens is 390 g/mol. The molecule has 31 heavy (non-hydrogen) atoms. The average Bonchev–Trinajstić information content (AvgIpc) is 3.44. The van der Waals surface area contributed by atoms with Crippen LogP contribution < -0.4 is 0 Å². The molecule has 1 saturated heterocycles. The van der Waals surface area contributed by atoms with Crippen molar-refractivity contribution >= 4 is 28.0 Å². The van der Waals surface area contributed by atoms with Crippen molar-refractivity contribution in [3.8, 4) is 12.1 Å². The summed E-state index contributed by atoms with van der Waals surface area (Å²) in [6.07, 6.45) is 9.48. The van der Waals surface area contributed by atoms with Crippen LogP contribution in [0.5, 0.6) is 0 Å². The number of carbonyl (C=O) groups is 1. The standard InChI is InChI=1S/C23H25N7O/c24-9-5-15-1-3-17(4-2-15)30-20-18-6-10-26-21(18)27-14-19(20)28-22(30)23(31)29-11-7-16(13-25)8-12-29/h6,10,14-17H,1-5,7-8,11-12H2,(H,26,27). The van der Waals surface area contributed by atoms with Crippen LogP contribution in [0.3, 0.4) is 0 Å². The molecule has 0 aromatic carbocycles. The summed E-state index contributed by atoms with van der Waals surface area (Å²) in [7, 11) is 0. The molecule has 8 nitrogen and oxygen atoms in total. The van der Waals surface area contributed by atoms with Gasteiger partial charge in [0.2, 0.25) is 5.82 Å². The summed E-state index contributed by atoms with van der Waals surface area (Å²) in [6.45, 7) is 1.18. The van der Waals surface area contributed by atoms with Crippen LogP contribution in [-0.2, 0) is 0 Å². The highest BCUT2D eigenvalue weighted by atomic mass is 16.2. The number of rotatable bonds is 3. The zero-order valence-corrected chi connectivity index (χ0v) is 17.4. The molecule has 2 aliphatic rings. The third-order valence-electron chi connectivity index (χ3n) is 6.95. The minimum Gasteiger partial charge on any atom is -0.346 e. The van der Waals surface area contributed by atoms with Crippen LogP contribution in [-0.4, -0.2) is 43.4 Å². The Kier molecular flexibility index (Phi) is 5.07. The van der Waals surface area contributed by atoms with Gasteiger partial charge in [-0.25, -0.2) is 9.97 Å². The Morgan fingerprint density at radius 2 is 1.94 bits per heavy atom. The molecule has 1 aliphatic heterocycles. The summed E-state index contributed by atoms with van der Waals surface area (Å²) in [5.74, 6) is 0.885. The van der Waals surface area contributed by atoms with Gasteiger partial charge in [-0.1, -0.05) is 0 Å². The highest BCUT2D eigenvalue weighted by Crippen LogP contribution is 2.38. The summed E-state index contributed by atoms with van der Waals surface area (Å²) in [5, 5.41) is 19.2. The summed E-state index contributed by atoms with van der Waals surface area (Å²) < 4.78 is 2.15. The number of nitriles is 2. The number of carbonyl (C=O) groups excluding carboxylic acids is 1. The molecule has 1 amide bonds. The van der Waals surface area contributed by atoms with Gasteiger partial charge in [0.25, 0.3) is 5.91 Å². The van der Waals surface area contributed by atoms with Crippen molar-refractivity contribution in [2.45, 2.75) is 51.0 Å². The van der Waals surface area contributed by atoms with E-state index in [0.717, 1.165) is 47.8 Å². The lowest BCUT2D eigenvalue weighted by molar-refractivity contribution is 0.0685. The number of nitrogens with zero attached hydrogens (tertiary/aromatic N) is 6. The maximum Gasteiger partial charge on any atom is 0.289 e. The molecule has 0 spiro atoms. The lowest BCUT2D eigenvalue weighted by atomic mass is 9.84. The second-order valence-electron chi connectivity index (χ2n) is 8.77. The molecule has 0 radical (unpaired) electrons. The van der Waals surface area contributed by atoms with E-state index in [1.54, 1.807) is 6.20 Å². The van der Waals surface area contributed by atoms with E-state index in [1.807, 2.05) is 17.2 Å². The highest BCUT2D eigenvalue weighted by Gasteiger charge is 2.32. The minimum absolute atomic E-state index is 0.0296. The Morgan fingerprint density at radius 1 is 1.16 bits per heavy atom. The molecule has 3 aromatic rings. The Labute approximate surface area is 180 Å². The van der Waals surface area contributed by atoms with Gasteiger partial charge in [-0.3, -0.25) is 4.79 Å². The summed E-state index contributed by atoms with van der Waals surface area (Å²) in [6, 6.07) is 6.80. The zero-order valence-electron chi connectivity index (χ0n) is 17.4. The largest absolute Gasteiger partial charge is 0.346 e. The molecular formula is C23H25N7O. The Morgan fingerprint density at radius 3 is 2.65 bits per heavy atom. The number of aromatic amines is 1. The number of nitrogens with one attached hydrogen (secondary N) is 1. The Balaban J connectivity index is 1.55. The van der Waals surface area contributed by atoms with Crippen LogP contribution >= 0.6 is 0 Å². The number of aromatic nitrogens is 4. The van der Waals surface area contributed by atoms with Gasteiger partial charge in [0.05, 0.1) is 23.9 Å². The number of likely N-dealkylation sites (tertiary alicyclic amines) is 1. The number of pyridine rings is 1. The van der Waals surface area contributed by atoms with Crippen molar-refractivity contribution in [1.29, 1.82) is 10.5 Å². The SMILES string of the molecule is N#CCC1CCC(n2c(C(=O)N3CCC(C#N)CC3)nc3cnc4[nH]ccc4c32)CC1. The number of hydrogen-bond donors (Lipinski definition) is 1. The van der Waals surface area contributed by atoms with Crippen LogP contribution in [0.25, 0.3) is 22.1 Å². The smallest absolute Gasteiger partial charge is 0.289 e. The van der Waals surface area contributed by atoms with E-state index in [4.69, 9.17) is 10.2 Å². The quantitative estimate of drug-likeness (QED) is 0.696. The van der Waals surface area contributed by atoms with Gasteiger partial charge < -0.3 is 14.5 Å². The fraction of sp³-hybridized carbons (Fsp3) is 0.522. The number of hydrogen-bond acceptors (Lipinski definition) is 5. The third-order valence-corrected chi connectivity index (χ3v) is 6.95. The first-order valence-corrected chi connectivity index (χ1v) is 11.1. The van der Waals surface area contributed by atoms with Gasteiger partial charge in [0.15, 0.2) is 0 Å². The van der Waals surface area contributed by atoms with Crippen LogP contribution in [0.1, 0.15) is 61.6 Å². The van der Waals surface area contributed by atoms with Crippen LogP contribution in [0.2, 0.25) is 0 Å². The van der Waals surface area contributed by atoms with E-state index in [2.05, 4.69) is 26.7 Å². The summed E-state index contributed by atoms with van der Waals surface area (Å²) in [4.78, 5) is 27.8. The van der Waals surface area contributed by atoms with E-state index in [1.165, 1.54) is 0 Å². The summed E-state index contributed by atoms with van der Waals surface area (Å²) in [5.41, 5.74) is 2.49. The molecule has 0 bridgehead atoms. The van der Waals surface area contributed by atoms with Gasteiger partial charge >= 0.3 is 0 Å². The lowest BCUT2D eigenvalue weighted by Crippen LogP contribution is -2.40. The van der Waals surface area contributed by atoms with Crippen LogP contribution in [0.4, 0.5) is 0 Å². The molecule has 1 aliphatic carbocycles. The molecule has 1 N–H and O–H groups in total. The molecule has 0 unspecified atom stereocenters. The van der Waals surface area contributed by atoms with Gasteiger partial charge in [-0.2, -0.15) is 10.5 Å². The Hall–Kier alpha value is -3.39. The van der Waals surface area contributed by atoms with Crippen molar-refractivity contribution in [2.75, 3.05) is 13.1 Å². The van der Waals surface area contributed by atoms with Gasteiger partial charge in [-0.05, 0) is 50.5 Å². The van der Waals surface area contributed by atoms with Crippen molar-refractivity contribution in [3.05, 3.63) is 24.3 Å². The minimum atomic E-state index is -0.0598. The van der Waals surface area contributed by atoms with Crippen molar-refractivity contribution < 1.29 is 4.79 Å². The Bertz CT molecular complexity index is 1190. The second kappa shape index (κ2) is 8.03. The van der Waals surface area contributed by atoms with Crippen LogP contribution in [0, 0.1) is 34.5 Å². The number of imidazole rings is 1. The predicted octanol–water partition coefficient (Wildman–Crippen LogP) is 3.93. The first kappa shape index (κ1) is 19.6. The topological polar surface area (TPSA) is 114 Å². The van der Waals surface area contributed by atoms with Gasteiger partial charge in [0.1, 0.15) is 11.2 Å². The van der Waals surface area contributed by atoms with Crippen LogP contribution in [0.15, 0.2) is 18.5 Å². The predicted molar refractivity (Wildman–Crippen MR) is 115 cm³/mol. The first-order chi connectivity index (χ1) is 15.2. The monoisotopic (exact) mass is 415 g/mol. The molecule has 158 valence electrons. The summed E-state index contributed by atoms with van der Waals surface area (Å²) >= 11 is 0. The number of amides is 1. The first-order valence-electron chi connectivity index (χ1n) is 11.1.